The second-order valence-electron chi connectivity index (χ2n) is 1.56. The molecule has 0 amide bonds. The summed E-state index contributed by atoms with van der Waals surface area (Å²) < 4.78 is 14.4. The van der Waals surface area contributed by atoms with Gasteiger partial charge < -0.3 is 0 Å². The van der Waals surface area contributed by atoms with Gasteiger partial charge in [0.2, 0.25) is 0 Å². The van der Waals surface area contributed by atoms with Crippen LogP contribution in [-0.4, -0.2) is 16.9 Å². The summed E-state index contributed by atoms with van der Waals surface area (Å²) in [6, 6.07) is 0. The van der Waals surface area contributed by atoms with Gasteiger partial charge in [-0.2, -0.15) is 0 Å². The molecule has 0 radical (unpaired) electrons. The molecule has 0 aromatic carbocycles. The van der Waals surface area contributed by atoms with Crippen LogP contribution in [-0.2, 0) is 13.9 Å². The summed E-state index contributed by atoms with van der Waals surface area (Å²) in [6.07, 6.45) is 5.27. The zero-order valence-electron chi connectivity index (χ0n) is 5.56. The van der Waals surface area contributed by atoms with Crippen molar-refractivity contribution in [3.8, 4) is 12.3 Å². The second-order valence-corrected chi connectivity index (χ2v) is 2.24. The van der Waals surface area contributed by atoms with Crippen molar-refractivity contribution in [2.45, 2.75) is 12.5 Å². The molecule has 4 nitrogen and oxygen atoms in total. The summed E-state index contributed by atoms with van der Waals surface area (Å²) >= 11 is 0. The first-order valence-corrected chi connectivity index (χ1v) is 3.82. The number of rotatable bonds is 4. The van der Waals surface area contributed by atoms with E-state index in [2.05, 4.69) is 10.4 Å². The molecular formula is C6H6O4P+. The van der Waals surface area contributed by atoms with Gasteiger partial charge in [-0.25, -0.2) is 4.79 Å². The minimum atomic E-state index is -2.70. The van der Waals surface area contributed by atoms with E-state index in [-0.39, 0.29) is 6.42 Å². The van der Waals surface area contributed by atoms with Crippen molar-refractivity contribution < 1.29 is 18.8 Å². The molecule has 5 heteroatoms. The van der Waals surface area contributed by atoms with E-state index in [1.807, 2.05) is 0 Å². The summed E-state index contributed by atoms with van der Waals surface area (Å²) in [6.45, 7) is 0. The van der Waals surface area contributed by atoms with Crippen LogP contribution in [0.5, 0.6) is 0 Å². The SMILES string of the molecule is C#CC(CC=C=O)O[P+](=O)O. The van der Waals surface area contributed by atoms with Gasteiger partial charge in [-0.05, 0) is 0 Å². The summed E-state index contributed by atoms with van der Waals surface area (Å²) in [5.41, 5.74) is 0. The first-order valence-electron chi connectivity index (χ1n) is 2.69. The van der Waals surface area contributed by atoms with E-state index in [0.29, 0.717) is 0 Å². The summed E-state index contributed by atoms with van der Waals surface area (Å²) in [5, 5.41) is 0. The zero-order chi connectivity index (χ0) is 8.69. The molecule has 0 fully saturated rings. The Morgan fingerprint density at radius 1 is 1.82 bits per heavy atom. The van der Waals surface area contributed by atoms with Gasteiger partial charge >= 0.3 is 8.25 Å². The van der Waals surface area contributed by atoms with Gasteiger partial charge in [-0.3, -0.25) is 0 Å². The van der Waals surface area contributed by atoms with Crippen LogP contribution >= 0.6 is 8.25 Å². The molecule has 11 heavy (non-hydrogen) atoms. The lowest BCUT2D eigenvalue weighted by Gasteiger charge is -1.93. The lowest BCUT2D eigenvalue weighted by Crippen LogP contribution is -2.03. The minimum absolute atomic E-state index is 0.0988. The van der Waals surface area contributed by atoms with Gasteiger partial charge in [-0.15, -0.1) is 15.8 Å². The standard InChI is InChI=1S/C6H5O4P/c1-2-6(4-3-5-7)10-11(8)9/h1,3,6H,4H2/p+1. The summed E-state index contributed by atoms with van der Waals surface area (Å²) in [7, 11) is -2.70. The Labute approximate surface area is 64.8 Å². The third kappa shape index (κ3) is 5.47. The molecule has 0 aliphatic rings. The normalized spacial score (nSPS) is 12.5. The van der Waals surface area contributed by atoms with Crippen molar-refractivity contribution >= 4 is 14.2 Å². The fourth-order valence-electron chi connectivity index (χ4n) is 0.406. The predicted octanol–water partition coefficient (Wildman–Crippen LogP) is 0.432. The second kappa shape index (κ2) is 5.79. The highest BCUT2D eigenvalue weighted by Gasteiger charge is 2.19. The molecule has 0 heterocycles. The number of hydrogen-bond acceptors (Lipinski definition) is 3. The van der Waals surface area contributed by atoms with Crippen LogP contribution in [0.2, 0.25) is 0 Å². The Kier molecular flexibility index (Phi) is 5.28. The third-order valence-electron chi connectivity index (χ3n) is 0.819. The molecule has 0 aromatic rings. The molecule has 58 valence electrons. The summed E-state index contributed by atoms with van der Waals surface area (Å²) in [4.78, 5) is 17.9. The molecule has 0 saturated carbocycles. The Morgan fingerprint density at radius 2 is 2.45 bits per heavy atom. The fraction of sp³-hybridized carbons (Fsp3) is 0.333. The van der Waals surface area contributed by atoms with Crippen LogP contribution in [0, 0.1) is 12.3 Å². The molecule has 0 aromatic heterocycles. The van der Waals surface area contributed by atoms with Crippen molar-refractivity contribution in [1.29, 1.82) is 0 Å². The fourth-order valence-corrected chi connectivity index (χ4v) is 0.770. The number of carbonyl (C=O) groups excluding carboxylic acids is 1. The number of terminal acetylenes is 1. The number of hydrogen-bond donors (Lipinski definition) is 1. The maximum absolute atomic E-state index is 10.0. The Morgan fingerprint density at radius 3 is 2.82 bits per heavy atom. The van der Waals surface area contributed by atoms with Gasteiger partial charge in [0.05, 0.1) is 0 Å². The Bertz CT molecular complexity index is 219. The maximum Gasteiger partial charge on any atom is 0.696 e. The first kappa shape index (κ1) is 10.0. The minimum Gasteiger partial charge on any atom is -0.234 e. The van der Waals surface area contributed by atoms with Gasteiger partial charge in [0.15, 0.2) is 6.10 Å². The van der Waals surface area contributed by atoms with E-state index in [0.717, 1.165) is 6.08 Å². The topological polar surface area (TPSA) is 63.6 Å². The van der Waals surface area contributed by atoms with Crippen LogP contribution in [0.25, 0.3) is 0 Å². The highest BCUT2D eigenvalue weighted by Crippen LogP contribution is 2.19. The highest BCUT2D eigenvalue weighted by molar-refractivity contribution is 7.32. The molecule has 0 rings (SSSR count). The molecule has 1 N–H and O–H groups in total. The maximum atomic E-state index is 10.0. The van der Waals surface area contributed by atoms with Crippen molar-refractivity contribution in [3.05, 3.63) is 6.08 Å². The smallest absolute Gasteiger partial charge is 0.234 e. The molecule has 0 saturated heterocycles. The van der Waals surface area contributed by atoms with E-state index in [1.54, 1.807) is 0 Å². The van der Waals surface area contributed by atoms with Crippen LogP contribution in [0.1, 0.15) is 6.42 Å². The van der Waals surface area contributed by atoms with Crippen molar-refractivity contribution in [1.82, 2.24) is 0 Å². The predicted molar refractivity (Wildman–Crippen MR) is 38.4 cm³/mol. The molecular weight excluding hydrogens is 167 g/mol. The average molecular weight is 173 g/mol. The van der Waals surface area contributed by atoms with Crippen LogP contribution < -0.4 is 0 Å². The van der Waals surface area contributed by atoms with Gasteiger partial charge in [-0.1, -0.05) is 5.92 Å². The van der Waals surface area contributed by atoms with Crippen LogP contribution in [0.4, 0.5) is 0 Å². The zero-order valence-corrected chi connectivity index (χ0v) is 6.45. The lowest BCUT2D eigenvalue weighted by atomic mass is 10.3. The van der Waals surface area contributed by atoms with Crippen LogP contribution in [0.15, 0.2) is 6.08 Å². The largest absolute Gasteiger partial charge is 0.696 e. The monoisotopic (exact) mass is 173 g/mol. The summed E-state index contributed by atoms with van der Waals surface area (Å²) in [5.74, 6) is 3.57. The van der Waals surface area contributed by atoms with Crippen LogP contribution in [0.3, 0.4) is 0 Å². The molecule has 0 aliphatic heterocycles. The highest BCUT2D eigenvalue weighted by atomic mass is 31.1. The lowest BCUT2D eigenvalue weighted by molar-refractivity contribution is 0.239. The van der Waals surface area contributed by atoms with Gasteiger partial charge in [0, 0.05) is 17.1 Å². The Hall–Kier alpha value is -0.970. The van der Waals surface area contributed by atoms with Crippen molar-refractivity contribution in [2.75, 3.05) is 0 Å². The quantitative estimate of drug-likeness (QED) is 0.380. The third-order valence-corrected chi connectivity index (χ3v) is 1.25. The first-order chi connectivity index (χ1) is 5.20. The van der Waals surface area contributed by atoms with E-state index < -0.39 is 14.4 Å². The van der Waals surface area contributed by atoms with E-state index in [4.69, 9.17) is 11.3 Å². The molecule has 2 unspecified atom stereocenters. The molecule has 0 spiro atoms. The van der Waals surface area contributed by atoms with Gasteiger partial charge in [0.1, 0.15) is 5.94 Å². The Balaban J connectivity index is 3.88. The van der Waals surface area contributed by atoms with Gasteiger partial charge in [0.25, 0.3) is 0 Å². The van der Waals surface area contributed by atoms with E-state index in [1.165, 1.54) is 5.94 Å². The average Bonchev–Trinajstić information content (AvgIpc) is 1.97. The van der Waals surface area contributed by atoms with Crippen molar-refractivity contribution in [3.63, 3.8) is 0 Å². The van der Waals surface area contributed by atoms with E-state index >= 15 is 0 Å². The van der Waals surface area contributed by atoms with Crippen molar-refractivity contribution in [2.24, 2.45) is 0 Å². The molecule has 0 bridgehead atoms. The molecule has 0 aliphatic carbocycles. The molecule has 2 atom stereocenters. The van der Waals surface area contributed by atoms with E-state index in [9.17, 15) is 9.36 Å².